The molecule has 0 atom stereocenters. The summed E-state index contributed by atoms with van der Waals surface area (Å²) in [4.78, 5) is 13.2. The molecule has 1 aromatic rings. The van der Waals surface area contributed by atoms with Crippen molar-refractivity contribution >= 4 is 5.91 Å². The Bertz CT molecular complexity index is 450. The number of nitrogens with zero attached hydrogens (tertiary/aromatic N) is 2. The van der Waals surface area contributed by atoms with Gasteiger partial charge < -0.3 is 14.4 Å². The third-order valence-corrected chi connectivity index (χ3v) is 2.70. The van der Waals surface area contributed by atoms with Crippen molar-refractivity contribution in [3.05, 3.63) is 29.8 Å². The number of carbonyl (C=O) groups is 1. The molecule has 0 N–H and O–H groups in total. The molecule has 1 aliphatic rings. The quantitative estimate of drug-likeness (QED) is 0.788. The number of nitriles is 1. The Morgan fingerprint density at radius 2 is 2.17 bits per heavy atom. The van der Waals surface area contributed by atoms with Crippen LogP contribution in [-0.2, 0) is 9.53 Å². The third kappa shape index (κ3) is 3.22. The summed E-state index contributed by atoms with van der Waals surface area (Å²) in [6.45, 7) is 2.37. The Morgan fingerprint density at radius 1 is 1.39 bits per heavy atom. The average Bonchev–Trinajstić information content (AvgIpc) is 2.42. The molecule has 0 bridgehead atoms. The summed E-state index contributed by atoms with van der Waals surface area (Å²) in [7, 11) is 0. The van der Waals surface area contributed by atoms with Gasteiger partial charge in [0.2, 0.25) is 5.91 Å². The molecule has 1 saturated heterocycles. The standard InChI is InChI=1S/C13H14N2O3/c14-9-11-1-3-12(4-2-11)18-8-6-15-5-7-17-10-13(15)16/h1-4H,5-8,10H2. The summed E-state index contributed by atoms with van der Waals surface area (Å²) in [6, 6.07) is 8.95. The van der Waals surface area contributed by atoms with Crippen molar-refractivity contribution in [1.29, 1.82) is 5.26 Å². The van der Waals surface area contributed by atoms with Gasteiger partial charge in [0.25, 0.3) is 0 Å². The second-order valence-electron chi connectivity index (χ2n) is 3.92. The van der Waals surface area contributed by atoms with Gasteiger partial charge in [0.05, 0.1) is 24.8 Å². The zero-order valence-electron chi connectivity index (χ0n) is 9.96. The molecule has 1 heterocycles. The highest BCUT2D eigenvalue weighted by Crippen LogP contribution is 2.11. The second kappa shape index (κ2) is 6.03. The van der Waals surface area contributed by atoms with Gasteiger partial charge in [-0.2, -0.15) is 5.26 Å². The molecule has 1 amide bonds. The molecule has 1 aromatic carbocycles. The predicted molar refractivity (Wildman–Crippen MR) is 64.1 cm³/mol. The molecule has 0 aliphatic carbocycles. The second-order valence-corrected chi connectivity index (χ2v) is 3.92. The van der Waals surface area contributed by atoms with E-state index in [0.29, 0.717) is 37.6 Å². The normalized spacial score (nSPS) is 15.3. The van der Waals surface area contributed by atoms with E-state index in [0.717, 1.165) is 0 Å². The summed E-state index contributed by atoms with van der Waals surface area (Å²) in [6.07, 6.45) is 0. The molecule has 94 valence electrons. The van der Waals surface area contributed by atoms with Crippen molar-refractivity contribution in [3.63, 3.8) is 0 Å². The van der Waals surface area contributed by atoms with Gasteiger partial charge in [0.1, 0.15) is 19.0 Å². The monoisotopic (exact) mass is 246 g/mol. The molecule has 1 aliphatic heterocycles. The molecular formula is C13H14N2O3. The Morgan fingerprint density at radius 3 is 2.83 bits per heavy atom. The van der Waals surface area contributed by atoms with E-state index in [9.17, 15) is 4.79 Å². The first-order valence-electron chi connectivity index (χ1n) is 5.78. The van der Waals surface area contributed by atoms with E-state index in [1.54, 1.807) is 29.2 Å². The Labute approximate surface area is 106 Å². The van der Waals surface area contributed by atoms with E-state index < -0.39 is 0 Å². The minimum atomic E-state index is 0.00433. The van der Waals surface area contributed by atoms with E-state index in [-0.39, 0.29) is 12.5 Å². The number of morpholine rings is 1. The predicted octanol–water partition coefficient (Wildman–Crippen LogP) is 0.796. The average molecular weight is 246 g/mol. The highest BCUT2D eigenvalue weighted by molar-refractivity contribution is 5.77. The van der Waals surface area contributed by atoms with Crippen LogP contribution in [0.5, 0.6) is 5.75 Å². The van der Waals surface area contributed by atoms with E-state index in [1.807, 2.05) is 6.07 Å². The molecule has 18 heavy (non-hydrogen) atoms. The fourth-order valence-electron chi connectivity index (χ4n) is 1.69. The number of hydrogen-bond acceptors (Lipinski definition) is 4. The number of benzene rings is 1. The highest BCUT2D eigenvalue weighted by Gasteiger charge is 2.17. The first-order valence-corrected chi connectivity index (χ1v) is 5.78. The Hall–Kier alpha value is -2.06. The van der Waals surface area contributed by atoms with Crippen LogP contribution in [0, 0.1) is 11.3 Å². The topological polar surface area (TPSA) is 62.6 Å². The smallest absolute Gasteiger partial charge is 0.248 e. The number of carbonyl (C=O) groups excluding carboxylic acids is 1. The van der Waals surface area contributed by atoms with Gasteiger partial charge in [-0.15, -0.1) is 0 Å². The van der Waals surface area contributed by atoms with Crippen molar-refractivity contribution < 1.29 is 14.3 Å². The van der Waals surface area contributed by atoms with Crippen LogP contribution in [0.4, 0.5) is 0 Å². The summed E-state index contributed by atoms with van der Waals surface area (Å²) in [5.41, 5.74) is 0.603. The first-order chi connectivity index (χ1) is 8.79. The number of ether oxygens (including phenoxy) is 2. The van der Waals surface area contributed by atoms with E-state index in [2.05, 4.69) is 0 Å². The van der Waals surface area contributed by atoms with Crippen LogP contribution in [0.3, 0.4) is 0 Å². The fourth-order valence-corrected chi connectivity index (χ4v) is 1.69. The largest absolute Gasteiger partial charge is 0.492 e. The minimum Gasteiger partial charge on any atom is -0.492 e. The van der Waals surface area contributed by atoms with Crippen LogP contribution >= 0.6 is 0 Å². The maximum atomic E-state index is 11.4. The van der Waals surface area contributed by atoms with E-state index >= 15 is 0 Å². The minimum absolute atomic E-state index is 0.00433. The number of rotatable bonds is 4. The van der Waals surface area contributed by atoms with Crippen LogP contribution in [0.1, 0.15) is 5.56 Å². The van der Waals surface area contributed by atoms with Crippen LogP contribution in [0.2, 0.25) is 0 Å². The van der Waals surface area contributed by atoms with Gasteiger partial charge in [-0.3, -0.25) is 4.79 Å². The zero-order chi connectivity index (χ0) is 12.8. The maximum Gasteiger partial charge on any atom is 0.248 e. The van der Waals surface area contributed by atoms with Gasteiger partial charge in [-0.1, -0.05) is 0 Å². The maximum absolute atomic E-state index is 11.4. The Kier molecular flexibility index (Phi) is 4.15. The lowest BCUT2D eigenvalue weighted by Gasteiger charge is -2.26. The molecule has 2 rings (SSSR count). The molecule has 0 unspecified atom stereocenters. The lowest BCUT2D eigenvalue weighted by atomic mass is 10.2. The van der Waals surface area contributed by atoms with Gasteiger partial charge in [-0.05, 0) is 24.3 Å². The van der Waals surface area contributed by atoms with Crippen molar-refractivity contribution in [3.8, 4) is 11.8 Å². The van der Waals surface area contributed by atoms with Crippen LogP contribution in [0.15, 0.2) is 24.3 Å². The van der Waals surface area contributed by atoms with Gasteiger partial charge >= 0.3 is 0 Å². The van der Waals surface area contributed by atoms with Crippen molar-refractivity contribution in [2.24, 2.45) is 0 Å². The van der Waals surface area contributed by atoms with Gasteiger partial charge in [0, 0.05) is 6.54 Å². The molecule has 5 heteroatoms. The molecule has 0 aromatic heterocycles. The van der Waals surface area contributed by atoms with Crippen LogP contribution in [0.25, 0.3) is 0 Å². The highest BCUT2D eigenvalue weighted by atomic mass is 16.5. The summed E-state index contributed by atoms with van der Waals surface area (Å²) in [5.74, 6) is 0.708. The molecule has 0 saturated carbocycles. The van der Waals surface area contributed by atoms with Gasteiger partial charge in [0.15, 0.2) is 0 Å². The number of amides is 1. The lowest BCUT2D eigenvalue weighted by molar-refractivity contribution is -0.143. The third-order valence-electron chi connectivity index (χ3n) is 2.70. The Balaban J connectivity index is 1.77. The zero-order valence-corrected chi connectivity index (χ0v) is 9.96. The summed E-state index contributed by atoms with van der Waals surface area (Å²) in [5, 5.41) is 8.66. The lowest BCUT2D eigenvalue weighted by Crippen LogP contribution is -2.43. The molecule has 0 radical (unpaired) electrons. The van der Waals surface area contributed by atoms with E-state index in [1.165, 1.54) is 0 Å². The van der Waals surface area contributed by atoms with E-state index in [4.69, 9.17) is 14.7 Å². The molecular weight excluding hydrogens is 232 g/mol. The first kappa shape index (κ1) is 12.4. The van der Waals surface area contributed by atoms with Crippen molar-refractivity contribution in [2.45, 2.75) is 0 Å². The number of hydrogen-bond donors (Lipinski definition) is 0. The van der Waals surface area contributed by atoms with Gasteiger partial charge in [-0.25, -0.2) is 0 Å². The molecule has 5 nitrogen and oxygen atoms in total. The molecule has 1 fully saturated rings. The SMILES string of the molecule is N#Cc1ccc(OCCN2CCOCC2=O)cc1. The van der Waals surface area contributed by atoms with Crippen LogP contribution in [-0.4, -0.2) is 43.7 Å². The van der Waals surface area contributed by atoms with Crippen molar-refractivity contribution in [2.75, 3.05) is 32.9 Å². The van der Waals surface area contributed by atoms with Crippen LogP contribution < -0.4 is 4.74 Å². The summed E-state index contributed by atoms with van der Waals surface area (Å²) >= 11 is 0. The fraction of sp³-hybridized carbons (Fsp3) is 0.385. The molecule has 0 spiro atoms. The summed E-state index contributed by atoms with van der Waals surface area (Å²) < 4.78 is 10.6. The van der Waals surface area contributed by atoms with Crippen molar-refractivity contribution in [1.82, 2.24) is 4.90 Å².